The average Bonchev–Trinajstić information content (AvgIpc) is 2.86. The van der Waals surface area contributed by atoms with Crippen molar-refractivity contribution in [2.24, 2.45) is 0 Å². The van der Waals surface area contributed by atoms with E-state index < -0.39 is 17.8 Å². The number of rotatable bonds is 16. The van der Waals surface area contributed by atoms with Crippen molar-refractivity contribution < 1.29 is 29.3 Å². The second-order valence-corrected chi connectivity index (χ2v) is 10.3. The number of phenolic OH excluding ortho intramolecular Hbond substituents is 1. The minimum Gasteiger partial charge on any atom is -0.507 e. The zero-order valence-corrected chi connectivity index (χ0v) is 22.5. The van der Waals surface area contributed by atoms with Crippen molar-refractivity contribution in [3.63, 3.8) is 0 Å². The van der Waals surface area contributed by atoms with Crippen molar-refractivity contribution in [1.29, 1.82) is 0 Å². The predicted octanol–water partition coefficient (Wildman–Crippen LogP) is 6.08. The van der Waals surface area contributed by atoms with E-state index >= 15 is 0 Å². The van der Waals surface area contributed by atoms with Gasteiger partial charge >= 0.3 is 6.09 Å². The van der Waals surface area contributed by atoms with Gasteiger partial charge in [-0.3, -0.25) is 4.79 Å². The number of aryl methyl sites for hydroxylation is 1. The summed E-state index contributed by atoms with van der Waals surface area (Å²) in [5.41, 5.74) is 1.26. The molecule has 204 valence electrons. The van der Waals surface area contributed by atoms with Gasteiger partial charge in [0.1, 0.15) is 11.4 Å². The Labute approximate surface area is 221 Å². The third-order valence-electron chi connectivity index (χ3n) is 5.92. The summed E-state index contributed by atoms with van der Waals surface area (Å²) in [7, 11) is 0. The monoisotopic (exact) mass is 513 g/mol. The van der Waals surface area contributed by atoms with Crippen LogP contribution in [0.1, 0.15) is 86.9 Å². The molecule has 2 rings (SSSR count). The first kappa shape index (κ1) is 30.3. The maximum atomic E-state index is 12.8. The second-order valence-electron chi connectivity index (χ2n) is 10.3. The fraction of sp³-hybridized carbons (Fsp3) is 0.533. The lowest BCUT2D eigenvalue weighted by Crippen LogP contribution is -2.39. The highest BCUT2D eigenvalue weighted by atomic mass is 16.6. The molecule has 1 atom stereocenters. The third-order valence-corrected chi connectivity index (χ3v) is 5.92. The summed E-state index contributed by atoms with van der Waals surface area (Å²) < 4.78 is 11.3. The quantitative estimate of drug-likeness (QED) is 0.209. The van der Waals surface area contributed by atoms with Crippen molar-refractivity contribution in [3.8, 4) is 5.75 Å². The Morgan fingerprint density at radius 1 is 0.973 bits per heavy atom. The summed E-state index contributed by atoms with van der Waals surface area (Å²) in [6, 6.07) is 14.8. The van der Waals surface area contributed by atoms with Gasteiger partial charge < -0.3 is 24.6 Å². The molecule has 0 aliphatic rings. The van der Waals surface area contributed by atoms with Gasteiger partial charge in [0, 0.05) is 19.8 Å². The summed E-state index contributed by atoms with van der Waals surface area (Å²) in [4.78, 5) is 25.4. The predicted molar refractivity (Wildman–Crippen MR) is 145 cm³/mol. The fourth-order valence-corrected chi connectivity index (χ4v) is 3.91. The number of benzene rings is 2. The average molecular weight is 514 g/mol. The number of aldehydes is 1. The first-order valence-corrected chi connectivity index (χ1v) is 13.3. The molecular formula is C30H43NO6. The van der Waals surface area contributed by atoms with Crippen molar-refractivity contribution in [3.05, 3.63) is 65.2 Å². The molecule has 0 aromatic heterocycles. The summed E-state index contributed by atoms with van der Waals surface area (Å²) in [5, 5.41) is 20.4. The zero-order valence-electron chi connectivity index (χ0n) is 22.5. The second kappa shape index (κ2) is 16.0. The van der Waals surface area contributed by atoms with Crippen LogP contribution in [0.4, 0.5) is 4.79 Å². The maximum absolute atomic E-state index is 12.8. The molecule has 37 heavy (non-hydrogen) atoms. The summed E-state index contributed by atoms with van der Waals surface area (Å²) >= 11 is 0. The van der Waals surface area contributed by atoms with E-state index in [0.29, 0.717) is 18.4 Å². The molecule has 1 amide bonds. The lowest BCUT2D eigenvalue weighted by molar-refractivity contribution is 0.0140. The normalized spacial score (nSPS) is 12.2. The summed E-state index contributed by atoms with van der Waals surface area (Å²) in [6.45, 7) is 7.40. The minimum atomic E-state index is -1.01. The first-order chi connectivity index (χ1) is 17.7. The minimum absolute atomic E-state index is 0.0318. The summed E-state index contributed by atoms with van der Waals surface area (Å²) in [5.74, 6) is -0.147. The molecule has 0 saturated carbocycles. The van der Waals surface area contributed by atoms with Gasteiger partial charge in [-0.1, -0.05) is 49.2 Å². The lowest BCUT2D eigenvalue weighted by atomic mass is 10.0. The van der Waals surface area contributed by atoms with Crippen molar-refractivity contribution >= 4 is 12.4 Å². The number of aliphatic hydroxyl groups excluding tert-OH is 1. The summed E-state index contributed by atoms with van der Waals surface area (Å²) in [6.07, 6.45) is 5.96. The highest BCUT2D eigenvalue weighted by Crippen LogP contribution is 2.23. The molecular weight excluding hydrogens is 470 g/mol. The Balaban J connectivity index is 1.70. The number of phenols is 1. The number of nitrogens with zero attached hydrogens (tertiary/aromatic N) is 1. The molecule has 0 aliphatic heterocycles. The number of unbranched alkanes of at least 4 members (excludes halogenated alkanes) is 4. The maximum Gasteiger partial charge on any atom is 0.410 e. The number of carbonyl (C=O) groups excluding carboxylic acids is 2. The van der Waals surface area contributed by atoms with E-state index in [2.05, 4.69) is 24.3 Å². The van der Waals surface area contributed by atoms with Gasteiger partial charge in [-0.2, -0.15) is 0 Å². The Kier molecular flexibility index (Phi) is 13.2. The van der Waals surface area contributed by atoms with E-state index in [0.717, 1.165) is 58.2 Å². The molecule has 7 nitrogen and oxygen atoms in total. The Morgan fingerprint density at radius 3 is 2.32 bits per heavy atom. The third kappa shape index (κ3) is 12.3. The van der Waals surface area contributed by atoms with Gasteiger partial charge in [0.05, 0.1) is 18.2 Å². The van der Waals surface area contributed by atoms with Gasteiger partial charge in [-0.25, -0.2) is 4.79 Å². The van der Waals surface area contributed by atoms with E-state index in [1.54, 1.807) is 26.8 Å². The van der Waals surface area contributed by atoms with E-state index in [1.165, 1.54) is 22.6 Å². The molecule has 0 spiro atoms. The number of aliphatic hydroxyl groups is 1. The number of hydrogen-bond acceptors (Lipinski definition) is 6. The van der Waals surface area contributed by atoms with Crippen molar-refractivity contribution in [2.45, 2.75) is 77.4 Å². The number of hydrogen-bond donors (Lipinski definition) is 2. The number of ether oxygens (including phenoxy) is 2. The highest BCUT2D eigenvalue weighted by molar-refractivity contribution is 5.79. The van der Waals surface area contributed by atoms with Crippen LogP contribution in [0.5, 0.6) is 5.75 Å². The Morgan fingerprint density at radius 2 is 1.65 bits per heavy atom. The van der Waals surface area contributed by atoms with Crippen LogP contribution < -0.4 is 0 Å². The molecule has 0 aliphatic carbocycles. The lowest BCUT2D eigenvalue weighted by Gasteiger charge is -2.29. The Hall–Kier alpha value is -2.90. The van der Waals surface area contributed by atoms with Crippen molar-refractivity contribution in [2.75, 3.05) is 26.3 Å². The standard InChI is InChI=1S/C30H43NO6/c1-30(2,3)37-29(35)31(22-28(34)25-16-17-27(33)26(21-25)23-32)18-10-4-5-11-19-36-20-12-9-15-24-13-7-6-8-14-24/h6-8,13-14,16-17,21,23,28,33-34H,4-5,9-12,15,18-20,22H2,1-3H3/t28-/m1/s1. The number of aromatic hydroxyl groups is 1. The largest absolute Gasteiger partial charge is 0.507 e. The Bertz CT molecular complexity index is 941. The topological polar surface area (TPSA) is 96.3 Å². The van der Waals surface area contributed by atoms with Gasteiger partial charge in [0.25, 0.3) is 0 Å². The van der Waals surface area contributed by atoms with Gasteiger partial charge in [-0.05, 0) is 76.1 Å². The van der Waals surface area contributed by atoms with Crippen LogP contribution >= 0.6 is 0 Å². The molecule has 2 aromatic carbocycles. The first-order valence-electron chi connectivity index (χ1n) is 13.3. The van der Waals surface area contributed by atoms with Crippen LogP contribution in [0.15, 0.2) is 48.5 Å². The molecule has 2 N–H and O–H groups in total. The molecule has 0 unspecified atom stereocenters. The smallest absolute Gasteiger partial charge is 0.410 e. The van der Waals surface area contributed by atoms with Gasteiger partial charge in [0.15, 0.2) is 6.29 Å². The molecule has 0 radical (unpaired) electrons. The molecule has 0 bridgehead atoms. The molecule has 0 fully saturated rings. The zero-order chi connectivity index (χ0) is 27.1. The SMILES string of the molecule is CC(C)(C)OC(=O)N(CCCCCCOCCCCc1ccccc1)C[C@@H](O)c1ccc(O)c(C=O)c1. The van der Waals surface area contributed by atoms with Crippen LogP contribution in [0.3, 0.4) is 0 Å². The van der Waals surface area contributed by atoms with Crippen LogP contribution in [0, 0.1) is 0 Å². The molecule has 0 saturated heterocycles. The van der Waals surface area contributed by atoms with E-state index in [4.69, 9.17) is 9.47 Å². The van der Waals surface area contributed by atoms with E-state index in [-0.39, 0.29) is 17.9 Å². The number of carbonyl (C=O) groups is 2. The van der Waals surface area contributed by atoms with Crippen LogP contribution in [-0.4, -0.2) is 59.4 Å². The van der Waals surface area contributed by atoms with Gasteiger partial charge in [0.2, 0.25) is 0 Å². The molecule has 7 heteroatoms. The van der Waals surface area contributed by atoms with Gasteiger partial charge in [-0.15, -0.1) is 0 Å². The van der Waals surface area contributed by atoms with E-state index in [1.807, 2.05) is 6.07 Å². The highest BCUT2D eigenvalue weighted by Gasteiger charge is 2.24. The molecule has 2 aromatic rings. The number of amides is 1. The van der Waals surface area contributed by atoms with Crippen LogP contribution in [0.25, 0.3) is 0 Å². The van der Waals surface area contributed by atoms with Crippen molar-refractivity contribution in [1.82, 2.24) is 4.90 Å². The van der Waals surface area contributed by atoms with Crippen LogP contribution in [0.2, 0.25) is 0 Å². The van der Waals surface area contributed by atoms with Crippen LogP contribution in [-0.2, 0) is 15.9 Å². The fourth-order valence-electron chi connectivity index (χ4n) is 3.91. The van der Waals surface area contributed by atoms with E-state index in [9.17, 15) is 19.8 Å². The molecule has 0 heterocycles.